The van der Waals surface area contributed by atoms with Gasteiger partial charge in [0, 0.05) is 19.7 Å². The zero-order valence-electron chi connectivity index (χ0n) is 11.3. The van der Waals surface area contributed by atoms with Gasteiger partial charge in [-0.3, -0.25) is 0 Å². The first-order valence-corrected chi connectivity index (χ1v) is 7.76. The fraction of sp³-hybridized carbons (Fsp3) is 0.538. The second-order valence-electron chi connectivity index (χ2n) is 4.32. The van der Waals surface area contributed by atoms with E-state index in [0.29, 0.717) is 18.5 Å². The molecule has 0 aliphatic heterocycles. The average molecular weight is 287 g/mol. The number of hydrogen-bond acceptors (Lipinski definition) is 4. The monoisotopic (exact) mass is 287 g/mol. The largest absolute Gasteiger partial charge is 0.396 e. The zero-order chi connectivity index (χ0) is 14.5. The molecule has 1 aromatic carbocycles. The minimum absolute atomic E-state index is 0.0419. The van der Waals surface area contributed by atoms with Crippen molar-refractivity contribution < 1.29 is 18.6 Å². The predicted molar refractivity (Wildman–Crippen MR) is 73.2 cm³/mol. The summed E-state index contributed by atoms with van der Waals surface area (Å²) < 4.78 is 26.1. The summed E-state index contributed by atoms with van der Waals surface area (Å²) in [5.74, 6) is 0. The lowest BCUT2D eigenvalue weighted by Gasteiger charge is -2.20. The summed E-state index contributed by atoms with van der Waals surface area (Å²) >= 11 is 0. The van der Waals surface area contributed by atoms with E-state index >= 15 is 0 Å². The fourth-order valence-corrected chi connectivity index (χ4v) is 3.32. The molecule has 0 saturated heterocycles. The molecule has 19 heavy (non-hydrogen) atoms. The normalized spacial score (nSPS) is 13.7. The van der Waals surface area contributed by atoms with Gasteiger partial charge in [0.15, 0.2) is 0 Å². The number of rotatable bonds is 7. The molecule has 0 aliphatic carbocycles. The molecule has 0 radical (unpaired) electrons. The number of hydrogen-bond donors (Lipinski definition) is 2. The van der Waals surface area contributed by atoms with E-state index in [-0.39, 0.29) is 18.0 Å². The molecule has 0 saturated carbocycles. The molecule has 0 bridgehead atoms. The lowest BCUT2D eigenvalue weighted by Crippen LogP contribution is -2.32. The third kappa shape index (κ3) is 4.01. The number of sulfonamides is 1. The Morgan fingerprint density at radius 1 is 1.37 bits per heavy atom. The summed E-state index contributed by atoms with van der Waals surface area (Å²) in [6.45, 7) is 3.94. The van der Waals surface area contributed by atoms with Crippen LogP contribution in [0.1, 0.15) is 31.9 Å². The Balaban J connectivity index is 3.07. The zero-order valence-corrected chi connectivity index (χ0v) is 12.1. The Morgan fingerprint density at radius 2 is 2.05 bits per heavy atom. The lowest BCUT2D eigenvalue weighted by atomic mass is 10.1. The van der Waals surface area contributed by atoms with Crippen molar-refractivity contribution in [3.8, 4) is 0 Å². The lowest BCUT2D eigenvalue weighted by molar-refractivity contribution is 0.199. The molecule has 5 nitrogen and oxygen atoms in total. The Kier molecular flexibility index (Phi) is 5.93. The molecule has 0 aliphatic rings. The highest BCUT2D eigenvalue weighted by molar-refractivity contribution is 7.89. The Hall–Kier alpha value is -0.950. The first-order chi connectivity index (χ1) is 8.93. The molecule has 1 aromatic rings. The van der Waals surface area contributed by atoms with Crippen molar-refractivity contribution >= 4 is 10.0 Å². The molecule has 6 heteroatoms. The number of benzene rings is 1. The van der Waals surface area contributed by atoms with Crippen LogP contribution in [0.2, 0.25) is 0 Å². The van der Waals surface area contributed by atoms with Crippen LogP contribution in [-0.4, -0.2) is 42.6 Å². The van der Waals surface area contributed by atoms with Crippen molar-refractivity contribution in [2.75, 3.05) is 19.7 Å². The maximum absolute atomic E-state index is 12.4. The maximum Gasteiger partial charge on any atom is 0.243 e. The van der Waals surface area contributed by atoms with Crippen molar-refractivity contribution in [1.29, 1.82) is 0 Å². The first-order valence-electron chi connectivity index (χ1n) is 6.32. The molecule has 1 rings (SSSR count). The molecule has 0 fully saturated rings. The number of aliphatic hydroxyl groups excluding tert-OH is 2. The van der Waals surface area contributed by atoms with Crippen molar-refractivity contribution in [3.05, 3.63) is 29.8 Å². The van der Waals surface area contributed by atoms with Gasteiger partial charge in [-0.05, 0) is 31.0 Å². The van der Waals surface area contributed by atoms with E-state index < -0.39 is 16.1 Å². The summed E-state index contributed by atoms with van der Waals surface area (Å²) in [5.41, 5.74) is 0.569. The van der Waals surface area contributed by atoms with Crippen LogP contribution < -0.4 is 0 Å². The third-order valence-electron chi connectivity index (χ3n) is 2.90. The summed E-state index contributed by atoms with van der Waals surface area (Å²) in [6, 6.07) is 6.31. The van der Waals surface area contributed by atoms with Gasteiger partial charge in [0.2, 0.25) is 10.0 Å². The quantitative estimate of drug-likeness (QED) is 0.788. The highest BCUT2D eigenvalue weighted by atomic mass is 32.2. The van der Waals surface area contributed by atoms with Gasteiger partial charge in [0.05, 0.1) is 11.0 Å². The highest BCUT2D eigenvalue weighted by Crippen LogP contribution is 2.20. The number of nitrogens with zero attached hydrogens (tertiary/aromatic N) is 1. The average Bonchev–Trinajstić information content (AvgIpc) is 2.39. The minimum atomic E-state index is -3.57. The Morgan fingerprint density at radius 3 is 2.58 bits per heavy atom. The summed E-state index contributed by atoms with van der Waals surface area (Å²) in [5, 5.41) is 18.3. The van der Waals surface area contributed by atoms with Gasteiger partial charge in [-0.15, -0.1) is 0 Å². The van der Waals surface area contributed by atoms with Crippen molar-refractivity contribution in [3.63, 3.8) is 0 Å². The van der Waals surface area contributed by atoms with Crippen molar-refractivity contribution in [2.45, 2.75) is 31.3 Å². The Bertz CT molecular complexity index is 499. The highest BCUT2D eigenvalue weighted by Gasteiger charge is 2.23. The van der Waals surface area contributed by atoms with Gasteiger partial charge in [0.1, 0.15) is 0 Å². The first kappa shape index (κ1) is 16.1. The van der Waals surface area contributed by atoms with Gasteiger partial charge in [-0.2, -0.15) is 4.31 Å². The van der Waals surface area contributed by atoms with Gasteiger partial charge < -0.3 is 10.2 Å². The second kappa shape index (κ2) is 7.00. The van der Waals surface area contributed by atoms with Crippen LogP contribution in [0.3, 0.4) is 0 Å². The predicted octanol–water partition coefficient (Wildman–Crippen LogP) is 1.13. The van der Waals surface area contributed by atoms with E-state index in [1.54, 1.807) is 26.0 Å². The third-order valence-corrected chi connectivity index (χ3v) is 4.87. The van der Waals surface area contributed by atoms with E-state index in [1.165, 1.54) is 16.4 Å². The van der Waals surface area contributed by atoms with E-state index in [2.05, 4.69) is 0 Å². The van der Waals surface area contributed by atoms with Gasteiger partial charge in [0.25, 0.3) is 0 Å². The minimum Gasteiger partial charge on any atom is -0.396 e. The van der Waals surface area contributed by atoms with Gasteiger partial charge in [-0.1, -0.05) is 19.1 Å². The van der Waals surface area contributed by atoms with Crippen LogP contribution >= 0.6 is 0 Å². The van der Waals surface area contributed by atoms with Crippen molar-refractivity contribution in [1.82, 2.24) is 4.31 Å². The van der Waals surface area contributed by atoms with Crippen LogP contribution in [0.15, 0.2) is 29.2 Å². The van der Waals surface area contributed by atoms with E-state index in [9.17, 15) is 13.5 Å². The smallest absolute Gasteiger partial charge is 0.243 e. The molecule has 2 N–H and O–H groups in total. The van der Waals surface area contributed by atoms with Crippen molar-refractivity contribution in [2.24, 2.45) is 0 Å². The van der Waals surface area contributed by atoms with Gasteiger partial charge in [-0.25, -0.2) is 8.42 Å². The maximum atomic E-state index is 12.4. The summed E-state index contributed by atoms with van der Waals surface area (Å²) in [6.07, 6.45) is -0.300. The summed E-state index contributed by atoms with van der Waals surface area (Å²) in [4.78, 5) is 0.172. The molecule has 0 aromatic heterocycles. The van der Waals surface area contributed by atoms with Crippen LogP contribution in [0.25, 0.3) is 0 Å². The van der Waals surface area contributed by atoms with E-state index in [1.807, 2.05) is 0 Å². The number of aliphatic hydroxyl groups is 2. The van der Waals surface area contributed by atoms with Crippen LogP contribution in [0, 0.1) is 0 Å². The van der Waals surface area contributed by atoms with Gasteiger partial charge >= 0.3 is 0 Å². The SMILES string of the molecule is CCN(CCCO)S(=O)(=O)c1cccc(C(C)O)c1. The topological polar surface area (TPSA) is 77.8 Å². The summed E-state index contributed by atoms with van der Waals surface area (Å²) in [7, 11) is -3.57. The molecule has 0 amide bonds. The molecular formula is C13H21NO4S. The Labute approximate surface area is 114 Å². The van der Waals surface area contributed by atoms with E-state index in [4.69, 9.17) is 5.11 Å². The molecule has 0 heterocycles. The molecule has 1 atom stereocenters. The van der Waals surface area contributed by atoms with E-state index in [0.717, 1.165) is 0 Å². The molecule has 108 valence electrons. The fourth-order valence-electron chi connectivity index (χ4n) is 1.78. The van der Waals surface area contributed by atoms with Crippen LogP contribution in [0.5, 0.6) is 0 Å². The second-order valence-corrected chi connectivity index (χ2v) is 6.26. The molecule has 1 unspecified atom stereocenters. The van der Waals surface area contributed by atoms with Crippen LogP contribution in [0.4, 0.5) is 0 Å². The molecular weight excluding hydrogens is 266 g/mol. The standard InChI is InChI=1S/C13H21NO4S/c1-3-14(8-5-9-15)19(17,18)13-7-4-6-12(10-13)11(2)16/h4,6-7,10-11,15-16H,3,5,8-9H2,1-2H3. The van der Waals surface area contributed by atoms with Crippen LogP contribution in [-0.2, 0) is 10.0 Å². The molecule has 0 spiro atoms.